The fourth-order valence-electron chi connectivity index (χ4n) is 1.72. The van der Waals surface area contributed by atoms with Gasteiger partial charge in [0, 0.05) is 19.9 Å². The van der Waals surface area contributed by atoms with E-state index >= 15 is 0 Å². The Morgan fingerprint density at radius 2 is 1.94 bits per heavy atom. The summed E-state index contributed by atoms with van der Waals surface area (Å²) in [6, 6.07) is 0.0418. The zero-order valence-corrected chi connectivity index (χ0v) is 10.4. The van der Waals surface area contributed by atoms with E-state index in [0.717, 1.165) is 6.42 Å². The van der Waals surface area contributed by atoms with Crippen LogP contribution in [0.5, 0.6) is 0 Å². The van der Waals surface area contributed by atoms with Crippen LogP contribution < -0.4 is 5.32 Å². The van der Waals surface area contributed by atoms with Crippen molar-refractivity contribution in [1.29, 1.82) is 0 Å². The Labute approximate surface area is 101 Å². The van der Waals surface area contributed by atoms with E-state index in [1.165, 1.54) is 13.8 Å². The zero-order valence-electron chi connectivity index (χ0n) is 10.4. The third kappa shape index (κ3) is 4.56. The average molecular weight is 241 g/mol. The number of carbonyl (C=O) groups is 2. The summed E-state index contributed by atoms with van der Waals surface area (Å²) >= 11 is 0. The van der Waals surface area contributed by atoms with E-state index in [-0.39, 0.29) is 36.7 Å². The lowest BCUT2D eigenvalue weighted by Crippen LogP contribution is -2.51. The van der Waals surface area contributed by atoms with Gasteiger partial charge in [0.1, 0.15) is 12.7 Å². The number of hydrogen-bond acceptors (Lipinski definition) is 5. The van der Waals surface area contributed by atoms with Crippen LogP contribution in [0.3, 0.4) is 0 Å². The number of esters is 2. The summed E-state index contributed by atoms with van der Waals surface area (Å²) in [6.07, 6.45) is 4.37. The predicted octanol–water partition coefficient (Wildman–Crippen LogP) is 0.788. The van der Waals surface area contributed by atoms with E-state index in [1.807, 2.05) is 12.2 Å². The molecule has 0 spiro atoms. The zero-order chi connectivity index (χ0) is 12.8. The van der Waals surface area contributed by atoms with Gasteiger partial charge in [-0.1, -0.05) is 13.0 Å². The highest BCUT2D eigenvalue weighted by Crippen LogP contribution is 2.12. The second kappa shape index (κ2) is 6.39. The smallest absolute Gasteiger partial charge is 0.303 e. The predicted molar refractivity (Wildman–Crippen MR) is 62.3 cm³/mol. The molecular weight excluding hydrogens is 222 g/mol. The highest BCUT2D eigenvalue weighted by molar-refractivity contribution is 5.67. The highest BCUT2D eigenvalue weighted by atomic mass is 16.6. The lowest BCUT2D eigenvalue weighted by molar-refractivity contribution is -0.148. The van der Waals surface area contributed by atoms with Gasteiger partial charge in [-0.2, -0.15) is 0 Å². The van der Waals surface area contributed by atoms with Gasteiger partial charge in [-0.3, -0.25) is 9.59 Å². The summed E-state index contributed by atoms with van der Waals surface area (Å²) in [4.78, 5) is 21.7. The van der Waals surface area contributed by atoms with Gasteiger partial charge < -0.3 is 14.8 Å². The van der Waals surface area contributed by atoms with Gasteiger partial charge in [-0.05, 0) is 12.5 Å². The largest absolute Gasteiger partial charge is 0.464 e. The fourth-order valence-corrected chi connectivity index (χ4v) is 1.72. The first-order valence-corrected chi connectivity index (χ1v) is 5.78. The van der Waals surface area contributed by atoms with Crippen molar-refractivity contribution in [2.75, 3.05) is 6.61 Å². The summed E-state index contributed by atoms with van der Waals surface area (Å²) < 4.78 is 10.1. The van der Waals surface area contributed by atoms with E-state index in [4.69, 9.17) is 9.47 Å². The molecule has 1 N–H and O–H groups in total. The normalized spacial score (nSPS) is 27.6. The van der Waals surface area contributed by atoms with Gasteiger partial charge in [-0.15, -0.1) is 0 Å². The van der Waals surface area contributed by atoms with Gasteiger partial charge in [0.25, 0.3) is 0 Å². The van der Waals surface area contributed by atoms with Crippen LogP contribution >= 0.6 is 0 Å². The monoisotopic (exact) mass is 241 g/mol. The molecule has 0 saturated heterocycles. The molecule has 0 aromatic rings. The van der Waals surface area contributed by atoms with Crippen LogP contribution in [-0.4, -0.2) is 36.7 Å². The summed E-state index contributed by atoms with van der Waals surface area (Å²) in [5.74, 6) is -0.680. The van der Waals surface area contributed by atoms with E-state index < -0.39 is 0 Å². The highest BCUT2D eigenvalue weighted by Gasteiger charge is 2.28. The molecule has 0 unspecified atom stereocenters. The van der Waals surface area contributed by atoms with Crippen molar-refractivity contribution in [3.63, 3.8) is 0 Å². The Hall–Kier alpha value is -1.36. The number of rotatable bonds is 4. The molecular formula is C12H19NO4. The molecule has 96 valence electrons. The molecule has 0 radical (unpaired) electrons. The SMILES string of the molecule is CC[C@H]1C=C[C@H](OC(C)=O)[C@H](COC(C)=O)N1. The Morgan fingerprint density at radius 3 is 2.47 bits per heavy atom. The molecule has 0 aromatic heterocycles. The quantitative estimate of drug-likeness (QED) is 0.582. The lowest BCUT2D eigenvalue weighted by Gasteiger charge is -2.31. The van der Waals surface area contributed by atoms with Crippen molar-refractivity contribution in [3.8, 4) is 0 Å². The van der Waals surface area contributed by atoms with Crippen molar-refractivity contribution in [2.45, 2.75) is 45.4 Å². The third-order valence-corrected chi connectivity index (χ3v) is 2.57. The maximum atomic E-state index is 11.0. The van der Waals surface area contributed by atoms with Crippen molar-refractivity contribution in [1.82, 2.24) is 5.32 Å². The van der Waals surface area contributed by atoms with Crippen molar-refractivity contribution >= 4 is 11.9 Å². The molecule has 0 saturated carbocycles. The van der Waals surface area contributed by atoms with Gasteiger partial charge >= 0.3 is 11.9 Å². The molecule has 0 aliphatic carbocycles. The fraction of sp³-hybridized carbons (Fsp3) is 0.667. The van der Waals surface area contributed by atoms with Gasteiger partial charge in [0.05, 0.1) is 6.04 Å². The van der Waals surface area contributed by atoms with Crippen LogP contribution in [-0.2, 0) is 19.1 Å². The van der Waals surface area contributed by atoms with E-state index in [0.29, 0.717) is 0 Å². The Bertz CT molecular complexity index is 314. The molecule has 0 bridgehead atoms. The average Bonchev–Trinajstić information content (AvgIpc) is 2.27. The van der Waals surface area contributed by atoms with Crippen LogP contribution in [0.2, 0.25) is 0 Å². The van der Waals surface area contributed by atoms with Gasteiger partial charge in [0.15, 0.2) is 0 Å². The molecule has 3 atom stereocenters. The van der Waals surface area contributed by atoms with Crippen molar-refractivity contribution < 1.29 is 19.1 Å². The topological polar surface area (TPSA) is 64.6 Å². The van der Waals surface area contributed by atoms with Crippen LogP contribution in [0.4, 0.5) is 0 Å². The van der Waals surface area contributed by atoms with Crippen LogP contribution in [0.15, 0.2) is 12.2 Å². The summed E-state index contributed by atoms with van der Waals surface area (Å²) in [7, 11) is 0. The van der Waals surface area contributed by atoms with Crippen LogP contribution in [0, 0.1) is 0 Å². The molecule has 0 aromatic carbocycles. The molecule has 17 heavy (non-hydrogen) atoms. The second-order valence-electron chi connectivity index (χ2n) is 4.05. The molecule has 1 aliphatic rings. The number of carbonyl (C=O) groups excluding carboxylic acids is 2. The second-order valence-corrected chi connectivity index (χ2v) is 4.05. The van der Waals surface area contributed by atoms with Gasteiger partial charge in [-0.25, -0.2) is 0 Å². The Kier molecular flexibility index (Phi) is 5.15. The number of ether oxygens (including phenoxy) is 2. The maximum absolute atomic E-state index is 11.0. The molecule has 0 fully saturated rings. The summed E-state index contributed by atoms with van der Waals surface area (Å²) in [5.41, 5.74) is 0. The van der Waals surface area contributed by atoms with Gasteiger partial charge in [0.2, 0.25) is 0 Å². The minimum Gasteiger partial charge on any atom is -0.464 e. The first kappa shape index (κ1) is 13.7. The first-order valence-electron chi connectivity index (χ1n) is 5.78. The molecule has 5 nitrogen and oxygen atoms in total. The summed E-state index contributed by atoms with van der Waals surface area (Å²) in [6.45, 7) is 4.98. The molecule has 1 heterocycles. The van der Waals surface area contributed by atoms with E-state index in [9.17, 15) is 9.59 Å². The minimum atomic E-state index is -0.380. The summed E-state index contributed by atoms with van der Waals surface area (Å²) in [5, 5.41) is 3.27. The maximum Gasteiger partial charge on any atom is 0.303 e. The van der Waals surface area contributed by atoms with Crippen molar-refractivity contribution in [3.05, 3.63) is 12.2 Å². The molecule has 1 rings (SSSR count). The van der Waals surface area contributed by atoms with Crippen LogP contribution in [0.1, 0.15) is 27.2 Å². The Morgan fingerprint density at radius 1 is 1.24 bits per heavy atom. The van der Waals surface area contributed by atoms with Crippen LogP contribution in [0.25, 0.3) is 0 Å². The first-order chi connectivity index (χ1) is 8.02. The van der Waals surface area contributed by atoms with E-state index in [1.54, 1.807) is 0 Å². The van der Waals surface area contributed by atoms with E-state index in [2.05, 4.69) is 12.2 Å². The molecule has 0 amide bonds. The molecule has 1 aliphatic heterocycles. The third-order valence-electron chi connectivity index (χ3n) is 2.57. The van der Waals surface area contributed by atoms with Crippen molar-refractivity contribution in [2.24, 2.45) is 0 Å². The number of hydrogen-bond donors (Lipinski definition) is 1. The molecule has 5 heteroatoms. The standard InChI is InChI=1S/C12H19NO4/c1-4-10-5-6-12(17-9(3)15)11(13-10)7-16-8(2)14/h5-6,10-13H,4,7H2,1-3H3/t10-,11-,12-/m0/s1. The lowest BCUT2D eigenvalue weighted by atomic mass is 10.0. The number of nitrogens with one attached hydrogen (secondary N) is 1. The Balaban J connectivity index is 2.62. The minimum absolute atomic E-state index is 0.183.